The highest BCUT2D eigenvalue weighted by atomic mass is 127. The van der Waals surface area contributed by atoms with E-state index in [9.17, 15) is 4.79 Å². The Hall–Kier alpha value is -0.380. The van der Waals surface area contributed by atoms with Gasteiger partial charge in [-0.15, -0.1) is 0 Å². The van der Waals surface area contributed by atoms with E-state index in [0.717, 1.165) is 24.8 Å². The highest BCUT2D eigenvalue weighted by Crippen LogP contribution is 2.42. The van der Waals surface area contributed by atoms with Gasteiger partial charge < -0.3 is 0 Å². The molecule has 0 aliphatic heterocycles. The fourth-order valence-electron chi connectivity index (χ4n) is 2.86. The summed E-state index contributed by atoms with van der Waals surface area (Å²) in [5.41, 5.74) is 1.17. The first-order valence-corrected chi connectivity index (χ1v) is 7.52. The summed E-state index contributed by atoms with van der Waals surface area (Å²) in [6.07, 6.45) is 6.29. The second-order valence-electron chi connectivity index (χ2n) is 5.07. The number of rotatable bonds is 4. The molecule has 1 aliphatic rings. The second-order valence-corrected chi connectivity index (χ2v) is 6.31. The van der Waals surface area contributed by atoms with Crippen LogP contribution in [-0.2, 0) is 11.2 Å². The van der Waals surface area contributed by atoms with Gasteiger partial charge in [-0.1, -0.05) is 31.9 Å². The van der Waals surface area contributed by atoms with Crippen LogP contribution >= 0.6 is 22.6 Å². The second kappa shape index (κ2) is 5.51. The largest absolute Gasteiger partial charge is 0.299 e. The Balaban J connectivity index is 2.08. The van der Waals surface area contributed by atoms with Crippen LogP contribution < -0.4 is 0 Å². The molecule has 0 spiro atoms. The van der Waals surface area contributed by atoms with Gasteiger partial charge in [-0.2, -0.15) is 0 Å². The Bertz CT molecular complexity index is 388. The summed E-state index contributed by atoms with van der Waals surface area (Å²) in [7, 11) is 0. The molecule has 0 N–H and O–H groups in total. The first kappa shape index (κ1) is 13.1. The number of hydrogen-bond donors (Lipinski definition) is 0. The van der Waals surface area contributed by atoms with Gasteiger partial charge in [0.1, 0.15) is 5.78 Å². The van der Waals surface area contributed by atoms with Crippen LogP contribution in [-0.4, -0.2) is 5.78 Å². The van der Waals surface area contributed by atoms with Crippen LogP contribution in [0.4, 0.5) is 0 Å². The summed E-state index contributed by atoms with van der Waals surface area (Å²) in [4.78, 5) is 12.5. The van der Waals surface area contributed by atoms with E-state index in [4.69, 9.17) is 0 Å². The zero-order chi connectivity index (χ0) is 12.3. The van der Waals surface area contributed by atoms with Crippen molar-refractivity contribution in [2.75, 3.05) is 0 Å². The van der Waals surface area contributed by atoms with Crippen molar-refractivity contribution in [3.63, 3.8) is 0 Å². The van der Waals surface area contributed by atoms with E-state index in [1.807, 2.05) is 0 Å². The van der Waals surface area contributed by atoms with Gasteiger partial charge in [-0.25, -0.2) is 0 Å². The quantitative estimate of drug-likeness (QED) is 0.743. The maximum absolute atomic E-state index is 12.5. The van der Waals surface area contributed by atoms with Crippen LogP contribution in [0.3, 0.4) is 0 Å². The normalized spacial score (nSPS) is 18.2. The molecule has 0 saturated heterocycles. The molecule has 0 aromatic heterocycles. The molecule has 92 valence electrons. The molecule has 2 rings (SSSR count). The molecule has 1 nitrogen and oxygen atoms in total. The lowest BCUT2D eigenvalue weighted by Gasteiger charge is -2.25. The summed E-state index contributed by atoms with van der Waals surface area (Å²) < 4.78 is 1.23. The minimum Gasteiger partial charge on any atom is -0.299 e. The number of halogens is 1. The molecule has 0 unspecified atom stereocenters. The molecular formula is C15H19IO. The SMILES string of the molecule is CCC1(C(=O)Cc2ccc(I)cc2)CCCC1. The Morgan fingerprint density at radius 3 is 2.35 bits per heavy atom. The minimum atomic E-state index is 0.00297. The van der Waals surface area contributed by atoms with E-state index in [0.29, 0.717) is 12.2 Å². The van der Waals surface area contributed by atoms with Crippen LogP contribution in [0.1, 0.15) is 44.6 Å². The van der Waals surface area contributed by atoms with Crippen molar-refractivity contribution in [1.29, 1.82) is 0 Å². The van der Waals surface area contributed by atoms with Gasteiger partial charge in [0, 0.05) is 15.4 Å². The molecule has 0 amide bonds. The fraction of sp³-hybridized carbons (Fsp3) is 0.533. The van der Waals surface area contributed by atoms with Crippen LogP contribution in [0.2, 0.25) is 0 Å². The molecule has 0 radical (unpaired) electrons. The first-order valence-electron chi connectivity index (χ1n) is 6.44. The lowest BCUT2D eigenvalue weighted by atomic mass is 9.77. The van der Waals surface area contributed by atoms with Gasteiger partial charge in [0.15, 0.2) is 0 Å². The Morgan fingerprint density at radius 1 is 1.24 bits per heavy atom. The smallest absolute Gasteiger partial charge is 0.143 e. The van der Waals surface area contributed by atoms with Gasteiger partial charge in [0.05, 0.1) is 0 Å². The lowest BCUT2D eigenvalue weighted by Crippen LogP contribution is -2.28. The maximum Gasteiger partial charge on any atom is 0.143 e. The van der Waals surface area contributed by atoms with Crippen LogP contribution in [0.5, 0.6) is 0 Å². The molecule has 1 fully saturated rings. The molecule has 2 heteroatoms. The van der Waals surface area contributed by atoms with E-state index < -0.39 is 0 Å². The van der Waals surface area contributed by atoms with Crippen LogP contribution in [0.15, 0.2) is 24.3 Å². The van der Waals surface area contributed by atoms with E-state index in [1.54, 1.807) is 0 Å². The Labute approximate surface area is 117 Å². The molecule has 1 saturated carbocycles. The monoisotopic (exact) mass is 342 g/mol. The maximum atomic E-state index is 12.5. The van der Waals surface area contributed by atoms with E-state index in [-0.39, 0.29) is 5.41 Å². The standard InChI is InChI=1S/C15H19IO/c1-2-15(9-3-4-10-15)14(17)11-12-5-7-13(16)8-6-12/h5-8H,2-4,9-11H2,1H3. The van der Waals surface area contributed by atoms with Crippen molar-refractivity contribution >= 4 is 28.4 Å². The van der Waals surface area contributed by atoms with E-state index in [1.165, 1.54) is 16.4 Å². The van der Waals surface area contributed by atoms with Crippen molar-refractivity contribution in [2.24, 2.45) is 5.41 Å². The van der Waals surface area contributed by atoms with E-state index >= 15 is 0 Å². The predicted octanol–water partition coefficient (Wildman–Crippen LogP) is 4.37. The van der Waals surface area contributed by atoms with Gasteiger partial charge in [0.2, 0.25) is 0 Å². The van der Waals surface area contributed by atoms with Gasteiger partial charge in [0.25, 0.3) is 0 Å². The summed E-state index contributed by atoms with van der Waals surface area (Å²) in [6, 6.07) is 8.32. The number of hydrogen-bond acceptors (Lipinski definition) is 1. The topological polar surface area (TPSA) is 17.1 Å². The van der Waals surface area contributed by atoms with Crippen molar-refractivity contribution in [1.82, 2.24) is 0 Å². The van der Waals surface area contributed by atoms with Crippen LogP contribution in [0.25, 0.3) is 0 Å². The zero-order valence-corrected chi connectivity index (χ0v) is 12.5. The summed E-state index contributed by atoms with van der Waals surface area (Å²) >= 11 is 2.29. The molecule has 1 aromatic rings. The zero-order valence-electron chi connectivity index (χ0n) is 10.3. The highest BCUT2D eigenvalue weighted by molar-refractivity contribution is 14.1. The Morgan fingerprint density at radius 2 is 1.82 bits per heavy atom. The molecule has 1 aromatic carbocycles. The number of carbonyl (C=O) groups is 1. The predicted molar refractivity (Wildman–Crippen MR) is 79.1 cm³/mol. The minimum absolute atomic E-state index is 0.00297. The van der Waals surface area contributed by atoms with Gasteiger partial charge in [-0.3, -0.25) is 4.79 Å². The van der Waals surface area contributed by atoms with Crippen LogP contribution in [0, 0.1) is 8.99 Å². The third kappa shape index (κ3) is 2.90. The molecule has 0 atom stereocenters. The third-order valence-corrected chi connectivity index (χ3v) is 4.83. The highest BCUT2D eigenvalue weighted by Gasteiger charge is 2.38. The molecule has 17 heavy (non-hydrogen) atoms. The van der Waals surface area contributed by atoms with Crippen molar-refractivity contribution in [3.05, 3.63) is 33.4 Å². The molecule has 0 heterocycles. The van der Waals surface area contributed by atoms with Crippen molar-refractivity contribution in [3.8, 4) is 0 Å². The third-order valence-electron chi connectivity index (χ3n) is 4.11. The first-order chi connectivity index (χ1) is 8.16. The summed E-state index contributed by atoms with van der Waals surface area (Å²) in [5, 5.41) is 0. The fourth-order valence-corrected chi connectivity index (χ4v) is 3.22. The average molecular weight is 342 g/mol. The Kier molecular flexibility index (Phi) is 4.23. The average Bonchev–Trinajstić information content (AvgIpc) is 2.82. The number of carbonyl (C=O) groups excluding carboxylic acids is 1. The number of ketones is 1. The van der Waals surface area contributed by atoms with Gasteiger partial charge >= 0.3 is 0 Å². The molecule has 1 aliphatic carbocycles. The van der Waals surface area contributed by atoms with E-state index in [2.05, 4.69) is 53.8 Å². The molecular weight excluding hydrogens is 323 g/mol. The van der Waals surface area contributed by atoms with Gasteiger partial charge in [-0.05, 0) is 59.5 Å². The van der Waals surface area contributed by atoms with Crippen molar-refractivity contribution in [2.45, 2.75) is 45.4 Å². The lowest BCUT2D eigenvalue weighted by molar-refractivity contribution is -0.128. The number of benzene rings is 1. The van der Waals surface area contributed by atoms with Crippen molar-refractivity contribution < 1.29 is 4.79 Å². The molecule has 0 bridgehead atoms. The number of Topliss-reactive ketones (excluding diaryl/α,β-unsaturated/α-hetero) is 1. The summed E-state index contributed by atoms with van der Waals surface area (Å²) in [6.45, 7) is 2.16. The summed E-state index contributed by atoms with van der Waals surface area (Å²) in [5.74, 6) is 0.457.